The van der Waals surface area contributed by atoms with Crippen LogP contribution >= 0.6 is 15.9 Å². The first-order chi connectivity index (χ1) is 9.10. The van der Waals surface area contributed by atoms with Gasteiger partial charge >= 0.3 is 12.3 Å². The van der Waals surface area contributed by atoms with Gasteiger partial charge in [0.25, 0.3) is 0 Å². The van der Waals surface area contributed by atoms with E-state index in [1.807, 2.05) is 0 Å². The van der Waals surface area contributed by atoms with Gasteiger partial charge < -0.3 is 4.74 Å². The standard InChI is InChI=1S/C10H10BrF4NO3S/c1-19-7-3-2-6(11)4-8(7)20(17,18)16-5-10(14,15)9(12)13/h2-4,9,16H,5H2,1H3. The fourth-order valence-electron chi connectivity index (χ4n) is 1.21. The largest absolute Gasteiger partial charge is 0.495 e. The molecule has 4 nitrogen and oxygen atoms in total. The molecule has 0 saturated carbocycles. The Bertz CT molecular complexity index is 580. The molecule has 0 aliphatic rings. The monoisotopic (exact) mass is 379 g/mol. The van der Waals surface area contributed by atoms with Gasteiger partial charge in [-0.2, -0.15) is 8.78 Å². The fourth-order valence-corrected chi connectivity index (χ4v) is 2.96. The van der Waals surface area contributed by atoms with Crippen LogP contribution in [0.3, 0.4) is 0 Å². The third kappa shape index (κ3) is 4.06. The maximum absolute atomic E-state index is 12.7. The summed E-state index contributed by atoms with van der Waals surface area (Å²) in [7, 11) is -3.22. The van der Waals surface area contributed by atoms with E-state index in [1.54, 1.807) is 0 Å². The number of benzene rings is 1. The van der Waals surface area contributed by atoms with Crippen LogP contribution in [0, 0.1) is 0 Å². The zero-order chi connectivity index (χ0) is 15.6. The molecule has 1 rings (SSSR count). The third-order valence-electron chi connectivity index (χ3n) is 2.23. The van der Waals surface area contributed by atoms with Crippen molar-refractivity contribution in [3.05, 3.63) is 22.7 Å². The molecular formula is C10H10BrF4NO3S. The second kappa shape index (κ2) is 6.27. The van der Waals surface area contributed by atoms with Crippen molar-refractivity contribution in [2.75, 3.05) is 13.7 Å². The Morgan fingerprint density at radius 2 is 2.00 bits per heavy atom. The number of halogens is 5. The van der Waals surface area contributed by atoms with Crippen molar-refractivity contribution < 1.29 is 30.7 Å². The normalized spacial score (nSPS) is 12.8. The smallest absolute Gasteiger partial charge is 0.320 e. The molecule has 0 amide bonds. The highest BCUT2D eigenvalue weighted by molar-refractivity contribution is 9.10. The van der Waals surface area contributed by atoms with E-state index < -0.39 is 33.8 Å². The molecule has 0 radical (unpaired) electrons. The van der Waals surface area contributed by atoms with Crippen LogP contribution < -0.4 is 9.46 Å². The highest BCUT2D eigenvalue weighted by Crippen LogP contribution is 2.28. The maximum atomic E-state index is 12.7. The van der Waals surface area contributed by atoms with Gasteiger partial charge in [-0.25, -0.2) is 21.9 Å². The molecule has 0 atom stereocenters. The molecule has 1 N–H and O–H groups in total. The second-order valence-corrected chi connectivity index (χ2v) is 6.33. The van der Waals surface area contributed by atoms with Gasteiger partial charge in [-0.3, -0.25) is 0 Å². The zero-order valence-corrected chi connectivity index (χ0v) is 12.4. The van der Waals surface area contributed by atoms with Crippen LogP contribution in [-0.4, -0.2) is 34.4 Å². The first kappa shape index (κ1) is 17.2. The van der Waals surface area contributed by atoms with Crippen molar-refractivity contribution >= 4 is 26.0 Å². The lowest BCUT2D eigenvalue weighted by Crippen LogP contribution is -2.41. The van der Waals surface area contributed by atoms with Crippen molar-refractivity contribution in [1.82, 2.24) is 4.72 Å². The second-order valence-electron chi connectivity index (χ2n) is 3.68. The summed E-state index contributed by atoms with van der Waals surface area (Å²) in [5, 5.41) is 0. The summed E-state index contributed by atoms with van der Waals surface area (Å²) in [6.07, 6.45) is -3.96. The first-order valence-corrected chi connectivity index (χ1v) is 7.37. The van der Waals surface area contributed by atoms with Gasteiger partial charge in [0.05, 0.1) is 13.7 Å². The number of alkyl halides is 4. The Hall–Kier alpha value is -0.870. The minimum absolute atomic E-state index is 0.0962. The van der Waals surface area contributed by atoms with Gasteiger partial charge in [0.1, 0.15) is 10.6 Å². The summed E-state index contributed by atoms with van der Waals surface area (Å²) in [5.74, 6) is -4.55. The molecule has 0 aromatic heterocycles. The lowest BCUT2D eigenvalue weighted by atomic mass is 10.3. The molecule has 1 aromatic rings. The third-order valence-corrected chi connectivity index (χ3v) is 4.15. The molecule has 0 unspecified atom stereocenters. The summed E-state index contributed by atoms with van der Waals surface area (Å²) in [5.41, 5.74) is 0. The number of sulfonamides is 1. The molecule has 10 heteroatoms. The van der Waals surface area contributed by atoms with Gasteiger partial charge in [-0.1, -0.05) is 15.9 Å². The van der Waals surface area contributed by atoms with E-state index in [0.717, 1.165) is 6.07 Å². The van der Waals surface area contributed by atoms with E-state index in [0.29, 0.717) is 4.47 Å². The molecule has 114 valence electrons. The molecule has 0 bridgehead atoms. The molecule has 0 spiro atoms. The average molecular weight is 380 g/mol. The van der Waals surface area contributed by atoms with Gasteiger partial charge in [0.15, 0.2) is 0 Å². The highest BCUT2D eigenvalue weighted by atomic mass is 79.9. The number of nitrogens with one attached hydrogen (secondary N) is 1. The molecular weight excluding hydrogens is 370 g/mol. The number of hydrogen-bond donors (Lipinski definition) is 1. The molecule has 0 aliphatic carbocycles. The maximum Gasteiger partial charge on any atom is 0.320 e. The first-order valence-electron chi connectivity index (χ1n) is 5.09. The minimum Gasteiger partial charge on any atom is -0.495 e. The van der Waals surface area contributed by atoms with Crippen molar-refractivity contribution in [2.24, 2.45) is 0 Å². The molecule has 0 saturated heterocycles. The van der Waals surface area contributed by atoms with Crippen LogP contribution in [0.2, 0.25) is 0 Å². The summed E-state index contributed by atoms with van der Waals surface area (Å²) >= 11 is 3.02. The van der Waals surface area contributed by atoms with Crippen LogP contribution in [0.15, 0.2) is 27.6 Å². The average Bonchev–Trinajstić information content (AvgIpc) is 2.36. The zero-order valence-electron chi connectivity index (χ0n) is 10.0. The van der Waals surface area contributed by atoms with Gasteiger partial charge in [0, 0.05) is 4.47 Å². The predicted molar refractivity (Wildman–Crippen MR) is 66.8 cm³/mol. The van der Waals surface area contributed by atoms with Crippen LogP contribution in [0.25, 0.3) is 0 Å². The number of hydrogen-bond acceptors (Lipinski definition) is 3. The lowest BCUT2D eigenvalue weighted by molar-refractivity contribution is -0.122. The Kier molecular flexibility index (Phi) is 5.39. The quantitative estimate of drug-likeness (QED) is 0.773. The van der Waals surface area contributed by atoms with Gasteiger partial charge in [-0.05, 0) is 18.2 Å². The summed E-state index contributed by atoms with van der Waals surface area (Å²) in [4.78, 5) is -0.431. The van der Waals surface area contributed by atoms with Crippen molar-refractivity contribution in [2.45, 2.75) is 17.2 Å². The molecule has 0 heterocycles. The summed E-state index contributed by atoms with van der Waals surface area (Å²) in [6, 6.07) is 3.89. The Balaban J connectivity index is 3.03. The molecule has 0 aliphatic heterocycles. The Morgan fingerprint density at radius 1 is 1.40 bits per heavy atom. The van der Waals surface area contributed by atoms with E-state index in [9.17, 15) is 26.0 Å². The molecule has 0 fully saturated rings. The topological polar surface area (TPSA) is 55.4 Å². The summed E-state index contributed by atoms with van der Waals surface area (Å²) < 4.78 is 79.7. The van der Waals surface area contributed by atoms with Crippen molar-refractivity contribution in [1.29, 1.82) is 0 Å². The van der Waals surface area contributed by atoms with E-state index >= 15 is 0 Å². The van der Waals surface area contributed by atoms with Crippen LogP contribution in [-0.2, 0) is 10.0 Å². The van der Waals surface area contributed by atoms with E-state index in [2.05, 4.69) is 15.9 Å². The number of ether oxygens (including phenoxy) is 1. The Labute approximate surface area is 121 Å². The van der Waals surface area contributed by atoms with Crippen molar-refractivity contribution in [3.63, 3.8) is 0 Å². The van der Waals surface area contributed by atoms with E-state index in [1.165, 1.54) is 24.0 Å². The van der Waals surface area contributed by atoms with Crippen LogP contribution in [0.1, 0.15) is 0 Å². The van der Waals surface area contributed by atoms with E-state index in [4.69, 9.17) is 4.74 Å². The summed E-state index contributed by atoms with van der Waals surface area (Å²) in [6.45, 7) is -1.71. The Morgan fingerprint density at radius 3 is 2.50 bits per heavy atom. The predicted octanol–water partition coefficient (Wildman–Crippen LogP) is 2.64. The molecule has 1 aromatic carbocycles. The minimum atomic E-state index is -4.45. The van der Waals surface area contributed by atoms with Crippen LogP contribution in [0.4, 0.5) is 17.6 Å². The van der Waals surface area contributed by atoms with Crippen molar-refractivity contribution in [3.8, 4) is 5.75 Å². The lowest BCUT2D eigenvalue weighted by Gasteiger charge is -2.17. The van der Waals surface area contributed by atoms with Gasteiger partial charge in [0.2, 0.25) is 10.0 Å². The van der Waals surface area contributed by atoms with E-state index in [-0.39, 0.29) is 5.75 Å². The number of methoxy groups -OCH3 is 1. The van der Waals surface area contributed by atoms with Gasteiger partial charge in [-0.15, -0.1) is 0 Å². The van der Waals surface area contributed by atoms with Crippen LogP contribution in [0.5, 0.6) is 5.75 Å². The highest BCUT2D eigenvalue weighted by Gasteiger charge is 2.41. The molecule has 20 heavy (non-hydrogen) atoms. The number of rotatable bonds is 6. The SMILES string of the molecule is COc1ccc(Br)cc1S(=O)(=O)NCC(F)(F)C(F)F. The fraction of sp³-hybridized carbons (Fsp3) is 0.400.